The first-order valence-electron chi connectivity index (χ1n) is 8.05. The van der Waals surface area contributed by atoms with E-state index in [-0.39, 0.29) is 11.8 Å². The highest BCUT2D eigenvalue weighted by Gasteiger charge is 2.07. The third-order valence-electron chi connectivity index (χ3n) is 3.59. The first-order valence-corrected chi connectivity index (χ1v) is 8.05. The van der Waals surface area contributed by atoms with Crippen LogP contribution in [0.3, 0.4) is 0 Å². The highest BCUT2D eigenvalue weighted by atomic mass is 16.5. The smallest absolute Gasteiger partial charge is 0.248 e. The molecule has 0 aliphatic carbocycles. The Bertz CT molecular complexity index is 780. The molecule has 0 unspecified atom stereocenters. The number of benzene rings is 2. The Hall–Kier alpha value is -3.08. The second-order valence-electron chi connectivity index (χ2n) is 5.51. The summed E-state index contributed by atoms with van der Waals surface area (Å²) in [6.45, 7) is 3.52. The first-order chi connectivity index (χ1) is 12.0. The predicted octanol–water partition coefficient (Wildman–Crippen LogP) is 3.87. The van der Waals surface area contributed by atoms with Crippen LogP contribution < -0.4 is 15.4 Å². The molecule has 0 spiro atoms. The van der Waals surface area contributed by atoms with Gasteiger partial charge in [0.2, 0.25) is 11.8 Å². The Labute approximate surface area is 147 Å². The van der Waals surface area contributed by atoms with Crippen molar-refractivity contribution < 1.29 is 14.3 Å². The Morgan fingerprint density at radius 2 is 1.80 bits per heavy atom. The Morgan fingerprint density at radius 3 is 2.40 bits per heavy atom. The molecule has 0 bridgehead atoms. The summed E-state index contributed by atoms with van der Waals surface area (Å²) < 4.78 is 5.24. The van der Waals surface area contributed by atoms with Gasteiger partial charge in [-0.3, -0.25) is 9.59 Å². The van der Waals surface area contributed by atoms with E-state index in [1.54, 1.807) is 24.3 Å². The van der Waals surface area contributed by atoms with Crippen LogP contribution in [0.15, 0.2) is 48.5 Å². The molecular formula is C20H22N2O3. The highest BCUT2D eigenvalue weighted by Crippen LogP contribution is 2.27. The summed E-state index contributed by atoms with van der Waals surface area (Å²) in [5.41, 5.74) is 3.28. The maximum atomic E-state index is 12.2. The van der Waals surface area contributed by atoms with Crippen molar-refractivity contribution in [2.45, 2.75) is 20.3 Å². The van der Waals surface area contributed by atoms with Gasteiger partial charge in [0.05, 0.1) is 12.8 Å². The molecule has 0 saturated heterocycles. The van der Waals surface area contributed by atoms with Crippen molar-refractivity contribution in [3.63, 3.8) is 0 Å². The van der Waals surface area contributed by atoms with Gasteiger partial charge >= 0.3 is 0 Å². The number of hydrogen-bond donors (Lipinski definition) is 2. The highest BCUT2D eigenvalue weighted by molar-refractivity contribution is 6.03. The van der Waals surface area contributed by atoms with Crippen LogP contribution in [0, 0.1) is 0 Å². The van der Waals surface area contributed by atoms with E-state index in [4.69, 9.17) is 4.74 Å². The monoisotopic (exact) mass is 338 g/mol. The van der Waals surface area contributed by atoms with Gasteiger partial charge in [-0.1, -0.05) is 31.2 Å². The summed E-state index contributed by atoms with van der Waals surface area (Å²) in [5, 5.41) is 5.44. The molecule has 0 aliphatic rings. The first kappa shape index (κ1) is 18.3. The number of anilines is 2. The summed E-state index contributed by atoms with van der Waals surface area (Å²) in [7, 11) is 1.52. The zero-order valence-electron chi connectivity index (χ0n) is 14.6. The number of carbonyl (C=O) groups excluding carboxylic acids is 2. The van der Waals surface area contributed by atoms with Crippen LogP contribution >= 0.6 is 0 Å². The van der Waals surface area contributed by atoms with E-state index in [2.05, 4.69) is 17.6 Å². The van der Waals surface area contributed by atoms with Gasteiger partial charge in [-0.2, -0.15) is 0 Å². The molecule has 130 valence electrons. The molecule has 5 nitrogen and oxygen atoms in total. The van der Waals surface area contributed by atoms with Gasteiger partial charge in [-0.25, -0.2) is 0 Å². The lowest BCUT2D eigenvalue weighted by atomic mass is 10.1. The minimum absolute atomic E-state index is 0.183. The number of methoxy groups -OCH3 is 1. The van der Waals surface area contributed by atoms with Crippen LogP contribution in [0.5, 0.6) is 5.75 Å². The lowest BCUT2D eigenvalue weighted by Gasteiger charge is -2.11. The van der Waals surface area contributed by atoms with E-state index in [9.17, 15) is 9.59 Å². The summed E-state index contributed by atoms with van der Waals surface area (Å²) in [6.07, 6.45) is 4.19. The van der Waals surface area contributed by atoms with E-state index in [0.29, 0.717) is 17.1 Å². The number of hydrogen-bond acceptors (Lipinski definition) is 3. The predicted molar refractivity (Wildman–Crippen MR) is 101 cm³/mol. The number of aryl methyl sites for hydroxylation is 1. The second-order valence-corrected chi connectivity index (χ2v) is 5.51. The molecule has 0 aromatic heterocycles. The third kappa shape index (κ3) is 5.49. The maximum Gasteiger partial charge on any atom is 0.248 e. The van der Waals surface area contributed by atoms with Crippen molar-refractivity contribution in [3.8, 4) is 5.75 Å². The fourth-order valence-electron chi connectivity index (χ4n) is 2.30. The van der Waals surface area contributed by atoms with Crippen molar-refractivity contribution >= 4 is 29.3 Å². The van der Waals surface area contributed by atoms with Crippen LogP contribution in [-0.4, -0.2) is 18.9 Å². The molecule has 0 heterocycles. The second kappa shape index (κ2) is 8.68. The fourth-order valence-corrected chi connectivity index (χ4v) is 2.30. The zero-order valence-corrected chi connectivity index (χ0v) is 14.6. The lowest BCUT2D eigenvalue weighted by molar-refractivity contribution is -0.114. The van der Waals surface area contributed by atoms with Crippen LogP contribution in [0.4, 0.5) is 11.4 Å². The standard InChI is InChI=1S/C20H22N2O3/c1-4-15-5-7-16(8-6-15)9-12-20(24)22-18-13-17(21-14(2)23)10-11-19(18)25-3/h5-13H,4H2,1-3H3,(H,21,23)(H,22,24)/b12-9+. The molecule has 2 N–H and O–H groups in total. The van der Waals surface area contributed by atoms with E-state index < -0.39 is 0 Å². The fraction of sp³-hybridized carbons (Fsp3) is 0.200. The number of amides is 2. The van der Waals surface area contributed by atoms with Gasteiger partial charge < -0.3 is 15.4 Å². The average Bonchev–Trinajstić information content (AvgIpc) is 2.60. The summed E-state index contributed by atoms with van der Waals surface area (Å²) in [6, 6.07) is 13.1. The molecule has 0 radical (unpaired) electrons. The molecule has 5 heteroatoms. The van der Waals surface area contributed by atoms with Gasteiger partial charge in [0, 0.05) is 18.7 Å². The van der Waals surface area contributed by atoms with E-state index in [0.717, 1.165) is 12.0 Å². The van der Waals surface area contributed by atoms with Crippen molar-refractivity contribution in [2.75, 3.05) is 17.7 Å². The van der Waals surface area contributed by atoms with Gasteiger partial charge in [0.25, 0.3) is 0 Å². The van der Waals surface area contributed by atoms with Crippen LogP contribution in [-0.2, 0) is 16.0 Å². The van der Waals surface area contributed by atoms with Crippen LogP contribution in [0.25, 0.3) is 6.08 Å². The largest absolute Gasteiger partial charge is 0.495 e. The Morgan fingerprint density at radius 1 is 1.08 bits per heavy atom. The summed E-state index contributed by atoms with van der Waals surface area (Å²) in [5.74, 6) is 0.0545. The Kier molecular flexibility index (Phi) is 6.34. The molecule has 25 heavy (non-hydrogen) atoms. The van der Waals surface area contributed by atoms with Crippen LogP contribution in [0.2, 0.25) is 0 Å². The molecule has 2 aromatic rings. The molecular weight excluding hydrogens is 316 g/mol. The van der Waals surface area contributed by atoms with Crippen molar-refractivity contribution in [2.24, 2.45) is 0 Å². The molecule has 2 aromatic carbocycles. The molecule has 2 rings (SSSR count). The van der Waals surface area contributed by atoms with E-state index >= 15 is 0 Å². The topological polar surface area (TPSA) is 67.4 Å². The SMILES string of the molecule is CCc1ccc(/C=C/C(=O)Nc2cc(NC(C)=O)ccc2OC)cc1. The zero-order chi connectivity index (χ0) is 18.2. The van der Waals surface area contributed by atoms with E-state index in [1.807, 2.05) is 24.3 Å². The average molecular weight is 338 g/mol. The van der Waals surface area contributed by atoms with Gasteiger partial charge in [-0.15, -0.1) is 0 Å². The quantitative estimate of drug-likeness (QED) is 0.786. The summed E-state index contributed by atoms with van der Waals surface area (Å²) >= 11 is 0. The minimum atomic E-state index is -0.280. The normalized spacial score (nSPS) is 10.5. The molecule has 0 atom stereocenters. The molecule has 0 aliphatic heterocycles. The number of carbonyl (C=O) groups is 2. The van der Waals surface area contributed by atoms with Gasteiger partial charge in [-0.05, 0) is 41.8 Å². The molecule has 2 amide bonds. The maximum absolute atomic E-state index is 12.2. The molecule has 0 fully saturated rings. The summed E-state index contributed by atoms with van der Waals surface area (Å²) in [4.78, 5) is 23.3. The van der Waals surface area contributed by atoms with Crippen molar-refractivity contribution in [1.82, 2.24) is 0 Å². The third-order valence-corrected chi connectivity index (χ3v) is 3.59. The van der Waals surface area contributed by atoms with Gasteiger partial charge in [0.1, 0.15) is 5.75 Å². The Balaban J connectivity index is 2.10. The minimum Gasteiger partial charge on any atom is -0.495 e. The van der Waals surface area contributed by atoms with Crippen molar-refractivity contribution in [1.29, 1.82) is 0 Å². The number of rotatable bonds is 6. The van der Waals surface area contributed by atoms with Crippen molar-refractivity contribution in [3.05, 3.63) is 59.7 Å². The number of ether oxygens (including phenoxy) is 1. The van der Waals surface area contributed by atoms with Gasteiger partial charge in [0.15, 0.2) is 0 Å². The lowest BCUT2D eigenvalue weighted by Crippen LogP contribution is -2.10. The van der Waals surface area contributed by atoms with E-state index in [1.165, 1.54) is 25.7 Å². The number of nitrogens with one attached hydrogen (secondary N) is 2. The van der Waals surface area contributed by atoms with Crippen LogP contribution in [0.1, 0.15) is 25.0 Å². The molecule has 0 saturated carbocycles.